The van der Waals surface area contributed by atoms with Crippen LogP contribution in [-0.2, 0) is 16.8 Å². The summed E-state index contributed by atoms with van der Waals surface area (Å²) in [5.41, 5.74) is 4.57. The number of fused-ring (bicyclic) bond motifs is 3. The Kier molecular flexibility index (Phi) is 7.29. The molecule has 4 aliphatic rings. The van der Waals surface area contributed by atoms with Gasteiger partial charge >= 0.3 is 0 Å². The molecule has 0 spiro atoms. The van der Waals surface area contributed by atoms with Crippen molar-refractivity contribution in [3.05, 3.63) is 60.3 Å². The number of piperidine rings is 3. The number of para-hydroxylation sites is 2. The predicted octanol–water partition coefficient (Wildman–Crippen LogP) is 4.31. The summed E-state index contributed by atoms with van der Waals surface area (Å²) in [7, 11) is 1.72. The first-order valence-electron chi connectivity index (χ1n) is 14.7. The SMILES string of the molecule is COc1ccccc1N1CCN(C(=O)[C@H]2CN3CC[C@@H]2C[C@@H]3Cn2cc(-c3ccc(C(C)(C)C)cc3)nn2)CC1. The fraction of sp³-hybridized carbons (Fsp3) is 0.531. The molecule has 0 N–H and O–H groups in total. The van der Waals surface area contributed by atoms with E-state index in [1.165, 1.54) is 5.56 Å². The minimum Gasteiger partial charge on any atom is -0.495 e. The topological polar surface area (TPSA) is 66.7 Å². The number of amides is 1. The monoisotopic (exact) mass is 542 g/mol. The third kappa shape index (κ3) is 5.33. The Morgan fingerprint density at radius 3 is 2.42 bits per heavy atom. The van der Waals surface area contributed by atoms with Crippen LogP contribution in [0.5, 0.6) is 5.75 Å². The molecule has 1 amide bonds. The van der Waals surface area contributed by atoms with Crippen LogP contribution in [0.4, 0.5) is 5.69 Å². The molecule has 4 saturated heterocycles. The number of hydrogen-bond acceptors (Lipinski definition) is 6. The molecule has 7 rings (SSSR count). The number of ether oxygens (including phenoxy) is 1. The van der Waals surface area contributed by atoms with Gasteiger partial charge in [0.05, 0.1) is 31.5 Å². The molecule has 2 aromatic carbocycles. The van der Waals surface area contributed by atoms with Gasteiger partial charge in [0, 0.05) is 44.3 Å². The normalized spacial score (nSPS) is 24.8. The molecular formula is C32H42N6O2. The molecule has 40 heavy (non-hydrogen) atoms. The third-order valence-corrected chi connectivity index (χ3v) is 9.20. The number of benzene rings is 2. The van der Waals surface area contributed by atoms with Crippen molar-refractivity contribution >= 4 is 11.6 Å². The summed E-state index contributed by atoms with van der Waals surface area (Å²) in [5.74, 6) is 1.79. The van der Waals surface area contributed by atoms with Crippen molar-refractivity contribution in [2.45, 2.75) is 51.6 Å². The van der Waals surface area contributed by atoms with Gasteiger partial charge in [0.25, 0.3) is 0 Å². The van der Waals surface area contributed by atoms with E-state index >= 15 is 0 Å². The second kappa shape index (κ2) is 10.9. The molecular weight excluding hydrogens is 500 g/mol. The van der Waals surface area contributed by atoms with Crippen LogP contribution < -0.4 is 9.64 Å². The molecule has 1 aromatic heterocycles. The summed E-state index contributed by atoms with van der Waals surface area (Å²) in [5, 5.41) is 8.94. The van der Waals surface area contributed by atoms with E-state index in [9.17, 15) is 4.79 Å². The summed E-state index contributed by atoms with van der Waals surface area (Å²) < 4.78 is 7.55. The molecule has 212 valence electrons. The van der Waals surface area contributed by atoms with Gasteiger partial charge in [-0.1, -0.05) is 62.4 Å². The highest BCUT2D eigenvalue weighted by Crippen LogP contribution is 2.38. The number of hydrogen-bond donors (Lipinski definition) is 0. The number of anilines is 1. The Morgan fingerprint density at radius 2 is 1.75 bits per heavy atom. The first-order valence-corrected chi connectivity index (χ1v) is 14.7. The predicted molar refractivity (Wildman–Crippen MR) is 158 cm³/mol. The van der Waals surface area contributed by atoms with Crippen LogP contribution in [0, 0.1) is 11.8 Å². The zero-order valence-corrected chi connectivity index (χ0v) is 24.3. The summed E-state index contributed by atoms with van der Waals surface area (Å²) in [6.07, 6.45) is 4.23. The molecule has 4 atom stereocenters. The Balaban J connectivity index is 1.04. The van der Waals surface area contributed by atoms with Gasteiger partial charge in [-0.2, -0.15) is 0 Å². The largest absolute Gasteiger partial charge is 0.495 e. The number of carbonyl (C=O) groups excluding carboxylic acids is 1. The molecule has 1 unspecified atom stereocenters. The second-order valence-electron chi connectivity index (χ2n) is 12.7. The van der Waals surface area contributed by atoms with E-state index in [0.717, 1.165) is 81.3 Å². The molecule has 0 radical (unpaired) electrons. The number of aromatic nitrogens is 3. The number of piperazine rings is 1. The molecule has 8 heteroatoms. The van der Waals surface area contributed by atoms with Gasteiger partial charge in [-0.25, -0.2) is 0 Å². The zero-order valence-electron chi connectivity index (χ0n) is 24.3. The fourth-order valence-electron chi connectivity index (χ4n) is 6.78. The zero-order chi connectivity index (χ0) is 27.9. The van der Waals surface area contributed by atoms with Crippen LogP contribution in [0.1, 0.15) is 39.2 Å². The van der Waals surface area contributed by atoms with Crippen LogP contribution in [0.15, 0.2) is 54.7 Å². The summed E-state index contributed by atoms with van der Waals surface area (Å²) in [6, 6.07) is 17.2. The van der Waals surface area contributed by atoms with Gasteiger partial charge in [-0.05, 0) is 48.4 Å². The van der Waals surface area contributed by atoms with E-state index in [1.54, 1.807) is 7.11 Å². The van der Waals surface area contributed by atoms with Crippen molar-refractivity contribution in [1.82, 2.24) is 24.8 Å². The molecule has 4 fully saturated rings. The van der Waals surface area contributed by atoms with Crippen molar-refractivity contribution in [1.29, 1.82) is 0 Å². The Morgan fingerprint density at radius 1 is 1.00 bits per heavy atom. The van der Waals surface area contributed by atoms with E-state index in [1.807, 2.05) is 22.9 Å². The minimum atomic E-state index is 0.107. The maximum absolute atomic E-state index is 13.6. The standard InChI is InChI=1S/C32H42N6O2/c1-32(2,3)25-11-9-23(10-12-25)28-22-38(34-33-28)20-26-19-24-13-14-37(26)21-27(24)31(39)36-17-15-35(16-18-36)29-7-5-6-8-30(29)40-4/h5-12,22,24,26-27H,13-21H2,1-4H3/t24-,26-,27+/m1/s1. The van der Waals surface area contributed by atoms with Crippen LogP contribution in [-0.4, -0.2) is 83.1 Å². The van der Waals surface area contributed by atoms with Gasteiger partial charge in [-0.3, -0.25) is 14.4 Å². The Bertz CT molecular complexity index is 1320. The van der Waals surface area contributed by atoms with Gasteiger partial charge in [0.2, 0.25) is 5.91 Å². The Hall–Kier alpha value is -3.39. The number of methoxy groups -OCH3 is 1. The van der Waals surface area contributed by atoms with Crippen LogP contribution in [0.2, 0.25) is 0 Å². The molecule has 0 aliphatic carbocycles. The lowest BCUT2D eigenvalue weighted by Crippen LogP contribution is -2.60. The first kappa shape index (κ1) is 26.8. The minimum absolute atomic E-state index is 0.107. The van der Waals surface area contributed by atoms with Gasteiger partial charge < -0.3 is 14.5 Å². The average molecular weight is 543 g/mol. The van der Waals surface area contributed by atoms with Crippen LogP contribution >= 0.6 is 0 Å². The van der Waals surface area contributed by atoms with E-state index in [4.69, 9.17) is 4.74 Å². The second-order valence-corrected chi connectivity index (χ2v) is 12.7. The number of nitrogens with zero attached hydrogens (tertiary/aromatic N) is 6. The lowest BCUT2D eigenvalue weighted by molar-refractivity contribution is -0.144. The maximum atomic E-state index is 13.6. The lowest BCUT2D eigenvalue weighted by Gasteiger charge is -2.50. The lowest BCUT2D eigenvalue weighted by atomic mass is 9.75. The first-order chi connectivity index (χ1) is 19.3. The van der Waals surface area contributed by atoms with Gasteiger partial charge in [0.1, 0.15) is 11.4 Å². The Labute approximate surface area is 237 Å². The number of carbonyl (C=O) groups is 1. The van der Waals surface area contributed by atoms with E-state index in [2.05, 4.69) is 82.3 Å². The molecule has 3 aromatic rings. The summed E-state index contributed by atoms with van der Waals surface area (Å²) in [4.78, 5) is 20.6. The van der Waals surface area contributed by atoms with Crippen molar-refractivity contribution in [3.63, 3.8) is 0 Å². The van der Waals surface area contributed by atoms with Gasteiger partial charge in [0.15, 0.2) is 0 Å². The van der Waals surface area contributed by atoms with E-state index in [0.29, 0.717) is 17.9 Å². The number of rotatable bonds is 6. The summed E-state index contributed by atoms with van der Waals surface area (Å²) in [6.45, 7) is 12.6. The summed E-state index contributed by atoms with van der Waals surface area (Å²) >= 11 is 0. The van der Waals surface area contributed by atoms with Crippen LogP contribution in [0.3, 0.4) is 0 Å². The quantitative estimate of drug-likeness (QED) is 0.463. The van der Waals surface area contributed by atoms with E-state index < -0.39 is 0 Å². The highest BCUT2D eigenvalue weighted by atomic mass is 16.5. The molecule has 0 saturated carbocycles. The van der Waals surface area contributed by atoms with Crippen molar-refractivity contribution < 1.29 is 9.53 Å². The highest BCUT2D eigenvalue weighted by Gasteiger charge is 2.45. The molecule has 5 heterocycles. The molecule has 2 bridgehead atoms. The smallest absolute Gasteiger partial charge is 0.227 e. The maximum Gasteiger partial charge on any atom is 0.227 e. The van der Waals surface area contributed by atoms with Crippen molar-refractivity contribution in [2.75, 3.05) is 51.3 Å². The fourth-order valence-corrected chi connectivity index (χ4v) is 6.78. The molecule has 8 nitrogen and oxygen atoms in total. The van der Waals surface area contributed by atoms with Crippen LogP contribution in [0.25, 0.3) is 11.3 Å². The van der Waals surface area contributed by atoms with Crippen molar-refractivity contribution in [3.8, 4) is 17.0 Å². The van der Waals surface area contributed by atoms with E-state index in [-0.39, 0.29) is 11.3 Å². The highest BCUT2D eigenvalue weighted by molar-refractivity contribution is 5.80. The molecule has 4 aliphatic heterocycles. The average Bonchev–Trinajstić information content (AvgIpc) is 3.45. The third-order valence-electron chi connectivity index (χ3n) is 9.20. The van der Waals surface area contributed by atoms with Gasteiger partial charge in [-0.15, -0.1) is 5.10 Å². The van der Waals surface area contributed by atoms with Crippen molar-refractivity contribution in [2.24, 2.45) is 11.8 Å².